The third-order valence-corrected chi connectivity index (χ3v) is 4.72. The number of hydrogen-bond acceptors (Lipinski definition) is 5. The Morgan fingerprint density at radius 2 is 1.68 bits per heavy atom. The number of nitrogens with zero attached hydrogens (tertiary/aromatic N) is 4. The lowest BCUT2D eigenvalue weighted by Gasteiger charge is -2.29. The maximum atomic E-state index is 14.7. The number of benzene rings is 2. The maximum Gasteiger partial charge on any atom is 0.369 e. The Morgan fingerprint density at radius 1 is 1.04 bits per heavy atom. The average Bonchev–Trinajstić information content (AvgIpc) is 2.71. The van der Waals surface area contributed by atoms with Gasteiger partial charge in [-0.3, -0.25) is 0 Å². The van der Waals surface area contributed by atoms with E-state index in [1.807, 2.05) is 11.0 Å². The lowest BCUT2D eigenvalue weighted by atomic mass is 10.1. The third-order valence-electron chi connectivity index (χ3n) is 4.72. The molecule has 9 heteroatoms. The van der Waals surface area contributed by atoms with Crippen LogP contribution in [0.4, 0.5) is 10.1 Å². The molecule has 0 aliphatic carbocycles. The number of anilines is 1. The van der Waals surface area contributed by atoms with E-state index < -0.39 is 5.82 Å². The fourth-order valence-electron chi connectivity index (χ4n) is 3.40. The van der Waals surface area contributed by atoms with E-state index in [-0.39, 0.29) is 40.5 Å². The van der Waals surface area contributed by atoms with E-state index in [1.54, 1.807) is 30.3 Å². The average molecular weight is 402 g/mol. The maximum absolute atomic E-state index is 14.7. The van der Waals surface area contributed by atoms with Crippen molar-refractivity contribution in [2.45, 2.75) is 0 Å². The lowest BCUT2D eigenvalue weighted by molar-refractivity contribution is -0.622. The van der Waals surface area contributed by atoms with Gasteiger partial charge in [-0.15, -0.1) is 17.1 Å². The second kappa shape index (κ2) is 7.84. The molecule has 0 bridgehead atoms. The number of fused-ring (bicyclic) bond motifs is 1. The van der Waals surface area contributed by atoms with Crippen molar-refractivity contribution in [1.29, 1.82) is 5.26 Å². The van der Waals surface area contributed by atoms with Gasteiger partial charge in [-0.25, -0.2) is 4.39 Å². The fraction of sp³-hybridized carbons (Fsp3) is 0.211. The largest absolute Gasteiger partial charge is 0.617 e. The van der Waals surface area contributed by atoms with E-state index >= 15 is 0 Å². The highest BCUT2D eigenvalue weighted by Gasteiger charge is 2.31. The number of nitriles is 1. The third kappa shape index (κ3) is 3.15. The van der Waals surface area contributed by atoms with Crippen LogP contribution >= 0.6 is 12.4 Å². The summed E-state index contributed by atoms with van der Waals surface area (Å²) >= 11 is 0. The number of nitrogens with one attached hydrogen (secondary N) is 1. The van der Waals surface area contributed by atoms with Crippen molar-refractivity contribution >= 4 is 29.1 Å². The summed E-state index contributed by atoms with van der Waals surface area (Å²) in [6.45, 7) is 2.58. The zero-order valence-corrected chi connectivity index (χ0v) is 15.6. The molecular weight excluding hydrogens is 385 g/mol. The van der Waals surface area contributed by atoms with Crippen LogP contribution in [-0.4, -0.2) is 26.2 Å². The lowest BCUT2D eigenvalue weighted by Crippen LogP contribution is -2.45. The van der Waals surface area contributed by atoms with Crippen molar-refractivity contribution in [3.63, 3.8) is 0 Å². The van der Waals surface area contributed by atoms with Crippen molar-refractivity contribution in [2.24, 2.45) is 0 Å². The molecule has 144 valence electrons. The number of hydrogen-bond donors (Lipinski definition) is 1. The Bertz CT molecular complexity index is 1070. The summed E-state index contributed by atoms with van der Waals surface area (Å²) in [5.74, 6) is -0.572. The van der Waals surface area contributed by atoms with Crippen molar-refractivity contribution in [3.8, 4) is 17.3 Å². The SMILES string of the molecule is Cl.N#Cc1c(-c2ccccc2)[n+]([O-])c2cc(F)c(N3CCNCC3)cc2[n+]1[O-]. The molecular formula is C19H17ClFN5O2. The molecule has 0 spiro atoms. The second-order valence-corrected chi connectivity index (χ2v) is 6.29. The van der Waals surface area contributed by atoms with Gasteiger partial charge in [-0.05, 0) is 12.1 Å². The van der Waals surface area contributed by atoms with Crippen LogP contribution in [0.25, 0.3) is 22.3 Å². The highest BCUT2D eigenvalue weighted by atomic mass is 35.5. The number of piperazine rings is 1. The Balaban J connectivity index is 0.00000225. The number of aromatic nitrogens is 2. The van der Waals surface area contributed by atoms with Crippen LogP contribution < -0.4 is 19.7 Å². The molecule has 4 rings (SSSR count). The van der Waals surface area contributed by atoms with Gasteiger partial charge in [0.25, 0.3) is 11.0 Å². The summed E-state index contributed by atoms with van der Waals surface area (Å²) in [6.07, 6.45) is 0. The van der Waals surface area contributed by atoms with Crippen LogP contribution in [0.2, 0.25) is 0 Å². The molecule has 2 heterocycles. The van der Waals surface area contributed by atoms with Gasteiger partial charge < -0.3 is 20.6 Å². The summed E-state index contributed by atoms with van der Waals surface area (Å²) in [4.78, 5) is 1.82. The van der Waals surface area contributed by atoms with Gasteiger partial charge in [-0.1, -0.05) is 18.2 Å². The smallest absolute Gasteiger partial charge is 0.369 e. The first-order chi connectivity index (χ1) is 13.1. The Morgan fingerprint density at radius 3 is 2.32 bits per heavy atom. The van der Waals surface area contributed by atoms with Gasteiger partial charge in [0.2, 0.25) is 0 Å². The summed E-state index contributed by atoms with van der Waals surface area (Å²) < 4.78 is 15.6. The van der Waals surface area contributed by atoms with Gasteiger partial charge >= 0.3 is 11.4 Å². The second-order valence-electron chi connectivity index (χ2n) is 6.29. The predicted octanol–water partition coefficient (Wildman–Crippen LogP) is 1.62. The van der Waals surface area contributed by atoms with Crippen molar-refractivity contribution in [1.82, 2.24) is 5.32 Å². The van der Waals surface area contributed by atoms with Gasteiger partial charge in [-0.2, -0.15) is 9.99 Å². The highest BCUT2D eigenvalue weighted by molar-refractivity contribution is 5.85. The Kier molecular flexibility index (Phi) is 5.49. The van der Waals surface area contributed by atoms with Gasteiger partial charge in [0.05, 0.1) is 17.3 Å². The van der Waals surface area contributed by atoms with Crippen molar-refractivity contribution in [2.75, 3.05) is 31.1 Å². The predicted molar refractivity (Wildman–Crippen MR) is 104 cm³/mol. The molecule has 3 aromatic rings. The van der Waals surface area contributed by atoms with Crippen LogP contribution in [0.15, 0.2) is 42.5 Å². The van der Waals surface area contributed by atoms with Crippen LogP contribution in [-0.2, 0) is 0 Å². The minimum Gasteiger partial charge on any atom is -0.617 e. The molecule has 1 N–H and O–H groups in total. The first-order valence-corrected chi connectivity index (χ1v) is 8.55. The standard InChI is InChI=1S/C19H16FN5O2.ClH/c20-14-10-16-17(11-15(14)23-8-6-22-7-9-23)24(26)18(12-21)19(25(16)27)13-4-2-1-3-5-13;/h1-5,10-11,22H,6-9H2;1H. The molecule has 0 unspecified atom stereocenters. The van der Waals surface area contributed by atoms with Crippen LogP contribution in [0, 0.1) is 27.6 Å². The molecule has 0 saturated carbocycles. The van der Waals surface area contributed by atoms with Crippen LogP contribution in [0.3, 0.4) is 0 Å². The van der Waals surface area contributed by atoms with E-state index in [4.69, 9.17) is 0 Å². The molecule has 7 nitrogen and oxygen atoms in total. The van der Waals surface area contributed by atoms with Crippen LogP contribution in [0.1, 0.15) is 5.69 Å². The molecule has 1 saturated heterocycles. The molecule has 0 amide bonds. The zero-order chi connectivity index (χ0) is 19.0. The van der Waals surface area contributed by atoms with Gasteiger partial charge in [0.1, 0.15) is 0 Å². The summed E-state index contributed by atoms with van der Waals surface area (Å²) in [5.41, 5.74) is 0.124. The minimum atomic E-state index is -0.572. The normalized spacial score (nSPS) is 13.8. The highest BCUT2D eigenvalue weighted by Crippen LogP contribution is 2.26. The number of rotatable bonds is 2. The fourth-order valence-corrected chi connectivity index (χ4v) is 3.40. The molecule has 2 aromatic carbocycles. The summed E-state index contributed by atoms with van der Waals surface area (Å²) in [7, 11) is 0. The Hall–Kier alpha value is -3.15. The molecule has 0 atom stereocenters. The zero-order valence-electron chi connectivity index (χ0n) is 14.8. The van der Waals surface area contributed by atoms with Gasteiger partial charge in [0.15, 0.2) is 11.9 Å². The van der Waals surface area contributed by atoms with E-state index in [9.17, 15) is 20.1 Å². The molecule has 1 aliphatic rings. The van der Waals surface area contributed by atoms with E-state index in [0.717, 1.165) is 6.07 Å². The van der Waals surface area contributed by atoms with Gasteiger partial charge in [0, 0.05) is 32.2 Å². The number of halogens is 2. The molecule has 1 aromatic heterocycles. The minimum absolute atomic E-state index is 0. The first kappa shape index (κ1) is 19.6. The Labute approximate surface area is 166 Å². The van der Waals surface area contributed by atoms with E-state index in [0.29, 0.717) is 41.2 Å². The monoisotopic (exact) mass is 401 g/mol. The molecule has 0 radical (unpaired) electrons. The topological polar surface area (TPSA) is 92.9 Å². The van der Waals surface area contributed by atoms with Crippen LogP contribution in [0.5, 0.6) is 0 Å². The first-order valence-electron chi connectivity index (χ1n) is 8.55. The van der Waals surface area contributed by atoms with E-state index in [2.05, 4.69) is 5.32 Å². The summed E-state index contributed by atoms with van der Waals surface area (Å²) in [6, 6.07) is 12.7. The van der Waals surface area contributed by atoms with Crippen molar-refractivity contribution < 1.29 is 13.9 Å². The quantitative estimate of drug-likeness (QED) is 0.520. The molecule has 1 fully saturated rings. The van der Waals surface area contributed by atoms with E-state index in [1.165, 1.54) is 6.07 Å². The summed E-state index contributed by atoms with van der Waals surface area (Å²) in [5, 5.41) is 38.4. The van der Waals surface area contributed by atoms with Crippen molar-refractivity contribution in [3.05, 3.63) is 64.4 Å². The molecule has 1 aliphatic heterocycles. The molecule has 28 heavy (non-hydrogen) atoms.